The summed E-state index contributed by atoms with van der Waals surface area (Å²) in [7, 11) is 0. The summed E-state index contributed by atoms with van der Waals surface area (Å²) in [6.07, 6.45) is 0. The van der Waals surface area contributed by atoms with Gasteiger partial charge in [0.1, 0.15) is 0 Å². The smallest absolute Gasteiger partial charge is 0.0899 e. The third-order valence-corrected chi connectivity index (χ3v) is 3.65. The molecule has 0 saturated carbocycles. The SMILES string of the molecule is Cc1ccc(C)c(CN=C=NCc2cc(C)ccc2C)c1. The Balaban J connectivity index is 2.01. The molecule has 2 aromatic carbocycles. The van der Waals surface area contributed by atoms with Crippen LogP contribution in [0, 0.1) is 27.7 Å². The number of nitrogens with zero attached hydrogens (tertiary/aromatic N) is 2. The Labute approximate surface area is 127 Å². The second-order valence-corrected chi connectivity index (χ2v) is 5.59. The third kappa shape index (κ3) is 4.40. The highest BCUT2D eigenvalue weighted by atomic mass is 14.8. The maximum atomic E-state index is 4.29. The Hall–Kier alpha value is -2.18. The van der Waals surface area contributed by atoms with Gasteiger partial charge in [-0.1, -0.05) is 47.5 Å². The molecule has 0 spiro atoms. The van der Waals surface area contributed by atoms with Crippen molar-refractivity contribution in [2.45, 2.75) is 40.8 Å². The van der Waals surface area contributed by atoms with E-state index in [4.69, 9.17) is 0 Å². The highest BCUT2D eigenvalue weighted by Crippen LogP contribution is 2.12. The van der Waals surface area contributed by atoms with Crippen molar-refractivity contribution >= 4 is 6.01 Å². The minimum Gasteiger partial charge on any atom is -0.221 e. The summed E-state index contributed by atoms with van der Waals surface area (Å²) < 4.78 is 0. The fraction of sp³-hybridized carbons (Fsp3) is 0.316. The van der Waals surface area contributed by atoms with E-state index in [1.54, 1.807) is 0 Å². The van der Waals surface area contributed by atoms with Crippen molar-refractivity contribution in [1.29, 1.82) is 0 Å². The highest BCUT2D eigenvalue weighted by molar-refractivity contribution is 5.43. The molecule has 21 heavy (non-hydrogen) atoms. The van der Waals surface area contributed by atoms with Gasteiger partial charge in [0, 0.05) is 0 Å². The second-order valence-electron chi connectivity index (χ2n) is 5.59. The van der Waals surface area contributed by atoms with Crippen LogP contribution in [0.5, 0.6) is 0 Å². The van der Waals surface area contributed by atoms with E-state index in [2.05, 4.69) is 80.1 Å². The monoisotopic (exact) mass is 278 g/mol. The fourth-order valence-electron chi connectivity index (χ4n) is 2.23. The van der Waals surface area contributed by atoms with Crippen molar-refractivity contribution in [2.24, 2.45) is 9.98 Å². The molecule has 0 aliphatic heterocycles. The van der Waals surface area contributed by atoms with E-state index in [0.29, 0.717) is 13.1 Å². The lowest BCUT2D eigenvalue weighted by molar-refractivity contribution is 1.02. The molecule has 0 bridgehead atoms. The predicted molar refractivity (Wildman–Crippen MR) is 89.1 cm³/mol. The van der Waals surface area contributed by atoms with Gasteiger partial charge < -0.3 is 0 Å². The molecule has 2 rings (SSSR count). The summed E-state index contributed by atoms with van der Waals surface area (Å²) in [5, 5.41) is 0. The van der Waals surface area contributed by atoms with Gasteiger partial charge in [-0.2, -0.15) is 0 Å². The molecule has 0 saturated heterocycles. The van der Waals surface area contributed by atoms with Crippen molar-refractivity contribution in [1.82, 2.24) is 0 Å². The molecular weight excluding hydrogens is 256 g/mol. The van der Waals surface area contributed by atoms with Crippen LogP contribution in [-0.2, 0) is 13.1 Å². The van der Waals surface area contributed by atoms with Gasteiger partial charge in [0.15, 0.2) is 0 Å². The Morgan fingerprint density at radius 2 is 1.14 bits per heavy atom. The first-order chi connectivity index (χ1) is 10.1. The second kappa shape index (κ2) is 7.01. The quantitative estimate of drug-likeness (QED) is 0.718. The summed E-state index contributed by atoms with van der Waals surface area (Å²) in [6.45, 7) is 9.70. The van der Waals surface area contributed by atoms with Crippen LogP contribution in [0.2, 0.25) is 0 Å². The van der Waals surface area contributed by atoms with Crippen molar-refractivity contribution in [3.8, 4) is 0 Å². The Bertz CT molecular complexity index is 635. The van der Waals surface area contributed by atoms with Gasteiger partial charge >= 0.3 is 0 Å². The first-order valence-electron chi connectivity index (χ1n) is 7.26. The maximum absolute atomic E-state index is 4.29. The molecule has 0 aliphatic carbocycles. The van der Waals surface area contributed by atoms with Crippen LogP contribution in [0.4, 0.5) is 0 Å². The molecule has 0 atom stereocenters. The van der Waals surface area contributed by atoms with Crippen LogP contribution in [-0.4, -0.2) is 6.01 Å². The standard InChI is InChI=1S/C19H22N2/c1-14-5-7-16(3)18(9-14)11-20-13-21-12-19-10-15(2)6-8-17(19)4/h5-10H,11-12H2,1-4H3. The normalized spacial score (nSPS) is 10.1. The number of benzene rings is 2. The van der Waals surface area contributed by atoms with Gasteiger partial charge in [0.2, 0.25) is 0 Å². The Morgan fingerprint density at radius 1 is 0.714 bits per heavy atom. The van der Waals surface area contributed by atoms with E-state index in [1.807, 2.05) is 0 Å². The summed E-state index contributed by atoms with van der Waals surface area (Å²) in [5.74, 6) is 0. The van der Waals surface area contributed by atoms with Gasteiger partial charge in [0.05, 0.1) is 19.1 Å². The van der Waals surface area contributed by atoms with Crippen LogP contribution < -0.4 is 0 Å². The van der Waals surface area contributed by atoms with Gasteiger partial charge in [-0.15, -0.1) is 0 Å². The van der Waals surface area contributed by atoms with Gasteiger partial charge in [-0.3, -0.25) is 0 Å². The van der Waals surface area contributed by atoms with E-state index < -0.39 is 0 Å². The van der Waals surface area contributed by atoms with Crippen LogP contribution in [0.1, 0.15) is 33.4 Å². The minimum atomic E-state index is 0.643. The number of hydrogen-bond acceptors (Lipinski definition) is 2. The van der Waals surface area contributed by atoms with E-state index in [9.17, 15) is 0 Å². The third-order valence-electron chi connectivity index (χ3n) is 3.65. The predicted octanol–water partition coefficient (Wildman–Crippen LogP) is 4.79. The Kier molecular flexibility index (Phi) is 5.08. The average molecular weight is 278 g/mol. The molecule has 0 fully saturated rings. The maximum Gasteiger partial charge on any atom is 0.0899 e. The lowest BCUT2D eigenvalue weighted by Gasteiger charge is -2.03. The first kappa shape index (κ1) is 15.2. The lowest BCUT2D eigenvalue weighted by atomic mass is 10.1. The molecule has 2 nitrogen and oxygen atoms in total. The topological polar surface area (TPSA) is 24.7 Å². The minimum absolute atomic E-state index is 0.643. The summed E-state index contributed by atoms with van der Waals surface area (Å²) in [4.78, 5) is 8.59. The fourth-order valence-corrected chi connectivity index (χ4v) is 2.23. The molecule has 108 valence electrons. The van der Waals surface area contributed by atoms with E-state index in [-0.39, 0.29) is 0 Å². The zero-order valence-corrected chi connectivity index (χ0v) is 13.3. The molecule has 0 aliphatic rings. The van der Waals surface area contributed by atoms with Crippen LogP contribution >= 0.6 is 0 Å². The van der Waals surface area contributed by atoms with E-state index >= 15 is 0 Å². The molecule has 0 amide bonds. The summed E-state index contributed by atoms with van der Waals surface area (Å²) in [5.41, 5.74) is 7.53. The summed E-state index contributed by atoms with van der Waals surface area (Å²) in [6, 6.07) is 15.7. The highest BCUT2D eigenvalue weighted by Gasteiger charge is 1.97. The van der Waals surface area contributed by atoms with Crippen molar-refractivity contribution in [3.05, 3.63) is 69.8 Å². The number of hydrogen-bond donors (Lipinski definition) is 0. The van der Waals surface area contributed by atoms with Crippen LogP contribution in [0.15, 0.2) is 46.4 Å². The average Bonchev–Trinajstić information content (AvgIpc) is 2.45. The van der Waals surface area contributed by atoms with Gasteiger partial charge in [-0.25, -0.2) is 9.98 Å². The zero-order chi connectivity index (χ0) is 15.2. The molecule has 0 radical (unpaired) electrons. The molecule has 0 N–H and O–H groups in total. The first-order valence-corrected chi connectivity index (χ1v) is 7.26. The van der Waals surface area contributed by atoms with Crippen LogP contribution in [0.3, 0.4) is 0 Å². The Morgan fingerprint density at radius 3 is 1.57 bits per heavy atom. The molecule has 0 heterocycles. The number of aliphatic imine (C=N–C) groups is 2. The van der Waals surface area contributed by atoms with Crippen molar-refractivity contribution < 1.29 is 0 Å². The number of aryl methyl sites for hydroxylation is 4. The van der Waals surface area contributed by atoms with Crippen LogP contribution in [0.25, 0.3) is 0 Å². The zero-order valence-electron chi connectivity index (χ0n) is 13.3. The summed E-state index contributed by atoms with van der Waals surface area (Å²) >= 11 is 0. The molecular formula is C19H22N2. The molecule has 2 aromatic rings. The lowest BCUT2D eigenvalue weighted by Crippen LogP contribution is -1.89. The molecule has 0 unspecified atom stereocenters. The largest absolute Gasteiger partial charge is 0.221 e. The molecule has 2 heteroatoms. The van der Waals surface area contributed by atoms with Gasteiger partial charge in [0.25, 0.3) is 0 Å². The molecule has 0 aromatic heterocycles. The van der Waals surface area contributed by atoms with Gasteiger partial charge in [-0.05, 0) is 49.9 Å². The number of rotatable bonds is 4. The van der Waals surface area contributed by atoms with Crippen molar-refractivity contribution in [3.63, 3.8) is 0 Å². The van der Waals surface area contributed by atoms with E-state index in [1.165, 1.54) is 33.4 Å². The van der Waals surface area contributed by atoms with E-state index in [0.717, 1.165) is 0 Å². The van der Waals surface area contributed by atoms with Crippen molar-refractivity contribution in [2.75, 3.05) is 0 Å².